The molecule has 0 aliphatic carbocycles. The predicted octanol–water partition coefficient (Wildman–Crippen LogP) is 4.84. The summed E-state index contributed by atoms with van der Waals surface area (Å²) in [6, 6.07) is 10.6. The molecule has 0 spiro atoms. The summed E-state index contributed by atoms with van der Waals surface area (Å²) < 4.78 is 4.63. The number of benzene rings is 1. The van der Waals surface area contributed by atoms with Gasteiger partial charge in [-0.2, -0.15) is 0 Å². The number of aliphatic hydroxyl groups excluding tert-OH is 1. The molecule has 0 bridgehead atoms. The molecule has 0 radical (unpaired) electrons. The van der Waals surface area contributed by atoms with Crippen molar-refractivity contribution in [3.05, 3.63) is 60.2 Å². The number of carbonyl (C=O) groups excluding carboxylic acids is 2. The third kappa shape index (κ3) is 9.39. The molecular weight excluding hydrogens is 402 g/mol. The Hall–Kier alpha value is -2.40. The van der Waals surface area contributed by atoms with Crippen LogP contribution in [0.5, 0.6) is 0 Å². The summed E-state index contributed by atoms with van der Waals surface area (Å²) >= 11 is 0. The number of hydrogen-bond donors (Lipinski definition) is 1. The number of nitrogens with zero attached hydrogens (tertiary/aromatic N) is 1. The molecule has 1 aromatic carbocycles. The number of aryl methyl sites for hydroxylation is 1. The number of ether oxygens (including phenoxy) is 1. The lowest BCUT2D eigenvalue weighted by atomic mass is 9.95. The molecule has 1 aliphatic rings. The predicted molar refractivity (Wildman–Crippen MR) is 128 cm³/mol. The van der Waals surface area contributed by atoms with E-state index in [1.807, 2.05) is 35.3 Å². The van der Waals surface area contributed by atoms with Gasteiger partial charge >= 0.3 is 5.97 Å². The molecule has 1 aliphatic heterocycles. The minimum atomic E-state index is -0.488. The van der Waals surface area contributed by atoms with E-state index in [1.165, 1.54) is 12.7 Å². The van der Waals surface area contributed by atoms with E-state index in [0.717, 1.165) is 44.9 Å². The minimum absolute atomic E-state index is 0.0437. The summed E-state index contributed by atoms with van der Waals surface area (Å²) in [4.78, 5) is 25.2. The Morgan fingerprint density at radius 1 is 1.22 bits per heavy atom. The van der Waals surface area contributed by atoms with E-state index in [1.54, 1.807) is 0 Å². The molecule has 0 aromatic heterocycles. The molecule has 5 nitrogen and oxygen atoms in total. The average molecular weight is 442 g/mol. The molecule has 0 unspecified atom stereocenters. The molecule has 3 atom stereocenters. The Bertz CT molecular complexity index is 743. The minimum Gasteiger partial charge on any atom is -0.469 e. The van der Waals surface area contributed by atoms with Crippen LogP contribution in [-0.4, -0.2) is 47.7 Å². The summed E-state index contributed by atoms with van der Waals surface area (Å²) in [7, 11) is 1.40. The van der Waals surface area contributed by atoms with E-state index in [9.17, 15) is 14.7 Å². The van der Waals surface area contributed by atoms with Crippen LogP contribution in [-0.2, 0) is 20.7 Å². The Kier molecular flexibility index (Phi) is 11.8. The standard InChI is InChI=1S/C27H39NO4/c1-22(12-9-10-15-23-13-6-5-7-14-23)25(29)19-17-24-18-20-26(30)28(24)21-11-4-3-8-16-27(31)32-2/h4-7,11,13-14,17,19,22,24-25,29H,3,8-10,12,15-16,18,20-21H2,1-2H3/b11-4-,19-17+/t22-,24-,25+/m0/s1. The fourth-order valence-corrected chi connectivity index (χ4v) is 4.01. The molecule has 1 amide bonds. The van der Waals surface area contributed by atoms with Gasteiger partial charge in [0.1, 0.15) is 0 Å². The maximum Gasteiger partial charge on any atom is 0.305 e. The van der Waals surface area contributed by atoms with Crippen molar-refractivity contribution >= 4 is 11.9 Å². The van der Waals surface area contributed by atoms with Crippen LogP contribution in [0.3, 0.4) is 0 Å². The van der Waals surface area contributed by atoms with Gasteiger partial charge < -0.3 is 14.7 Å². The van der Waals surface area contributed by atoms with Crippen LogP contribution in [0.25, 0.3) is 0 Å². The van der Waals surface area contributed by atoms with Crippen LogP contribution in [0.1, 0.15) is 63.9 Å². The van der Waals surface area contributed by atoms with E-state index < -0.39 is 6.10 Å². The number of hydrogen-bond acceptors (Lipinski definition) is 4. The van der Waals surface area contributed by atoms with Crippen LogP contribution in [0, 0.1) is 5.92 Å². The van der Waals surface area contributed by atoms with E-state index in [-0.39, 0.29) is 23.8 Å². The highest BCUT2D eigenvalue weighted by atomic mass is 16.5. The van der Waals surface area contributed by atoms with Crippen LogP contribution in [0.2, 0.25) is 0 Å². The van der Waals surface area contributed by atoms with Crippen molar-refractivity contribution in [3.8, 4) is 0 Å². The van der Waals surface area contributed by atoms with Gasteiger partial charge in [-0.05, 0) is 50.0 Å². The summed E-state index contributed by atoms with van der Waals surface area (Å²) in [6.07, 6.45) is 15.0. The molecule has 1 heterocycles. The maximum atomic E-state index is 12.2. The van der Waals surface area contributed by atoms with Gasteiger partial charge in [0.15, 0.2) is 0 Å². The second-order valence-electron chi connectivity index (χ2n) is 8.68. The first-order valence-corrected chi connectivity index (χ1v) is 11.9. The first kappa shape index (κ1) is 25.9. The second kappa shape index (κ2) is 14.6. The number of likely N-dealkylation sites (tertiary alicyclic amines) is 1. The van der Waals surface area contributed by atoms with E-state index >= 15 is 0 Å². The highest BCUT2D eigenvalue weighted by molar-refractivity contribution is 5.79. The molecule has 176 valence electrons. The average Bonchev–Trinajstić information content (AvgIpc) is 3.16. The molecule has 0 saturated carbocycles. The van der Waals surface area contributed by atoms with Gasteiger partial charge in [0.25, 0.3) is 0 Å². The zero-order valence-corrected chi connectivity index (χ0v) is 19.6. The van der Waals surface area contributed by atoms with E-state index in [2.05, 4.69) is 35.9 Å². The van der Waals surface area contributed by atoms with Crippen LogP contribution in [0.4, 0.5) is 0 Å². The Morgan fingerprint density at radius 3 is 2.75 bits per heavy atom. The number of methoxy groups -OCH3 is 1. The monoisotopic (exact) mass is 441 g/mol. The van der Waals surface area contributed by atoms with Crippen LogP contribution < -0.4 is 0 Å². The lowest BCUT2D eigenvalue weighted by Gasteiger charge is -2.22. The summed E-state index contributed by atoms with van der Waals surface area (Å²) in [5, 5.41) is 10.5. The largest absolute Gasteiger partial charge is 0.469 e. The number of amides is 1. The molecule has 1 N–H and O–H groups in total. The lowest BCUT2D eigenvalue weighted by molar-refractivity contribution is -0.140. The maximum absolute atomic E-state index is 12.2. The van der Waals surface area contributed by atoms with Gasteiger partial charge in [-0.3, -0.25) is 9.59 Å². The van der Waals surface area contributed by atoms with Crippen molar-refractivity contribution in [3.63, 3.8) is 0 Å². The highest BCUT2D eigenvalue weighted by Crippen LogP contribution is 2.21. The van der Waals surface area contributed by atoms with Crippen LogP contribution >= 0.6 is 0 Å². The van der Waals surface area contributed by atoms with Gasteiger partial charge in [-0.15, -0.1) is 0 Å². The number of aliphatic hydroxyl groups is 1. The van der Waals surface area contributed by atoms with Crippen molar-refractivity contribution in [1.29, 1.82) is 0 Å². The van der Waals surface area contributed by atoms with Gasteiger partial charge in [0, 0.05) is 19.4 Å². The molecule has 32 heavy (non-hydrogen) atoms. The number of rotatable bonds is 14. The quantitative estimate of drug-likeness (QED) is 0.255. The first-order chi connectivity index (χ1) is 15.5. The number of unbranched alkanes of at least 4 members (excludes halogenated alkanes) is 2. The number of allylic oxidation sites excluding steroid dienone is 1. The van der Waals surface area contributed by atoms with Crippen molar-refractivity contribution < 1.29 is 19.4 Å². The molecule has 1 fully saturated rings. The van der Waals surface area contributed by atoms with Crippen molar-refractivity contribution in [2.45, 2.75) is 76.9 Å². The Morgan fingerprint density at radius 2 is 2.00 bits per heavy atom. The third-order valence-electron chi connectivity index (χ3n) is 6.15. The number of esters is 1. The molecule has 5 heteroatoms. The smallest absolute Gasteiger partial charge is 0.305 e. The van der Waals surface area contributed by atoms with Gasteiger partial charge in [-0.1, -0.05) is 68.0 Å². The fourth-order valence-electron chi connectivity index (χ4n) is 4.01. The highest BCUT2D eigenvalue weighted by Gasteiger charge is 2.28. The van der Waals surface area contributed by atoms with Gasteiger partial charge in [-0.25, -0.2) is 0 Å². The first-order valence-electron chi connectivity index (χ1n) is 11.9. The van der Waals surface area contributed by atoms with Crippen molar-refractivity contribution in [1.82, 2.24) is 4.90 Å². The van der Waals surface area contributed by atoms with E-state index in [0.29, 0.717) is 19.4 Å². The second-order valence-corrected chi connectivity index (χ2v) is 8.68. The topological polar surface area (TPSA) is 66.8 Å². The normalized spacial score (nSPS) is 18.5. The van der Waals surface area contributed by atoms with Gasteiger partial charge in [0.05, 0.1) is 19.3 Å². The Labute approximate surface area is 193 Å². The summed E-state index contributed by atoms with van der Waals surface area (Å²) in [6.45, 7) is 2.66. The van der Waals surface area contributed by atoms with Crippen molar-refractivity contribution in [2.75, 3.05) is 13.7 Å². The summed E-state index contributed by atoms with van der Waals surface area (Å²) in [5.41, 5.74) is 1.36. The molecular formula is C27H39NO4. The van der Waals surface area contributed by atoms with Crippen molar-refractivity contribution in [2.24, 2.45) is 5.92 Å². The number of carbonyl (C=O) groups is 2. The molecule has 1 aromatic rings. The SMILES string of the molecule is COC(=O)CCC/C=C\CN1C(=O)CC[C@@H]1/C=C/[C@@H](O)[C@@H](C)CCCCc1ccccc1. The zero-order chi connectivity index (χ0) is 23.2. The third-order valence-corrected chi connectivity index (χ3v) is 6.15. The molecule has 1 saturated heterocycles. The fraction of sp³-hybridized carbons (Fsp3) is 0.556. The molecule has 2 rings (SSSR count). The lowest BCUT2D eigenvalue weighted by Crippen LogP contribution is -2.32. The van der Waals surface area contributed by atoms with Gasteiger partial charge in [0.2, 0.25) is 5.91 Å². The Balaban J connectivity index is 1.69. The summed E-state index contributed by atoms with van der Waals surface area (Å²) in [5.74, 6) is 0.159. The zero-order valence-electron chi connectivity index (χ0n) is 19.6. The van der Waals surface area contributed by atoms with E-state index in [4.69, 9.17) is 0 Å². The van der Waals surface area contributed by atoms with Crippen LogP contribution in [0.15, 0.2) is 54.6 Å².